The molecule has 1 amide bonds. The molecule has 0 aromatic heterocycles. The van der Waals surface area contributed by atoms with Crippen molar-refractivity contribution in [2.75, 3.05) is 30.4 Å². The van der Waals surface area contributed by atoms with Gasteiger partial charge >= 0.3 is 0 Å². The molecular formula is C26H28N2O6S. The molecule has 1 aliphatic rings. The molecule has 3 aromatic rings. The molecule has 1 saturated heterocycles. The number of rotatable bonds is 9. The summed E-state index contributed by atoms with van der Waals surface area (Å²) in [4.78, 5) is 12.8. The number of anilines is 2. The maximum absolute atomic E-state index is 13.0. The number of nitrogens with one attached hydrogen (secondary N) is 2. The van der Waals surface area contributed by atoms with E-state index in [4.69, 9.17) is 14.2 Å². The Morgan fingerprint density at radius 2 is 1.69 bits per heavy atom. The van der Waals surface area contributed by atoms with E-state index in [1.165, 1.54) is 13.2 Å². The molecule has 0 spiro atoms. The minimum Gasteiger partial charge on any atom is -0.497 e. The van der Waals surface area contributed by atoms with Crippen LogP contribution in [0.2, 0.25) is 0 Å². The van der Waals surface area contributed by atoms with Gasteiger partial charge in [0.2, 0.25) is 0 Å². The van der Waals surface area contributed by atoms with Crippen molar-refractivity contribution in [3.05, 3.63) is 77.9 Å². The lowest BCUT2D eigenvalue weighted by atomic mass is 10.2. The highest BCUT2D eigenvalue weighted by atomic mass is 32.2. The maximum Gasteiger partial charge on any atom is 0.262 e. The Bertz CT molecular complexity index is 1270. The Morgan fingerprint density at radius 3 is 2.34 bits per heavy atom. The Labute approximate surface area is 205 Å². The monoisotopic (exact) mass is 496 g/mol. The van der Waals surface area contributed by atoms with Crippen LogP contribution in [0.15, 0.2) is 71.6 Å². The molecule has 1 aliphatic heterocycles. The van der Waals surface area contributed by atoms with Gasteiger partial charge in [-0.05, 0) is 86.0 Å². The van der Waals surface area contributed by atoms with Crippen molar-refractivity contribution in [1.29, 1.82) is 0 Å². The summed E-state index contributed by atoms with van der Waals surface area (Å²) in [6, 6.07) is 18.1. The third kappa shape index (κ3) is 6.32. The Balaban J connectivity index is 1.42. The van der Waals surface area contributed by atoms with Crippen LogP contribution in [0.3, 0.4) is 0 Å². The number of sulfonamides is 1. The number of aryl methyl sites for hydroxylation is 1. The summed E-state index contributed by atoms with van der Waals surface area (Å²) in [7, 11) is -2.34. The zero-order valence-electron chi connectivity index (χ0n) is 19.6. The van der Waals surface area contributed by atoms with Crippen molar-refractivity contribution in [3.8, 4) is 11.5 Å². The van der Waals surface area contributed by atoms with Crippen molar-refractivity contribution < 1.29 is 27.4 Å². The third-order valence-electron chi connectivity index (χ3n) is 5.65. The molecule has 35 heavy (non-hydrogen) atoms. The number of carbonyl (C=O) groups is 1. The van der Waals surface area contributed by atoms with Crippen LogP contribution in [0, 0.1) is 6.92 Å². The van der Waals surface area contributed by atoms with Crippen LogP contribution in [0.1, 0.15) is 28.8 Å². The van der Waals surface area contributed by atoms with Gasteiger partial charge in [-0.1, -0.05) is 6.07 Å². The second-order valence-electron chi connectivity index (χ2n) is 8.24. The minimum absolute atomic E-state index is 0.0731. The first kappa shape index (κ1) is 24.6. The molecule has 4 rings (SSSR count). The lowest BCUT2D eigenvalue weighted by Crippen LogP contribution is -2.17. The molecule has 0 saturated carbocycles. The number of benzene rings is 3. The average molecular weight is 497 g/mol. The number of carbonyl (C=O) groups excluding carboxylic acids is 1. The molecule has 2 N–H and O–H groups in total. The van der Waals surface area contributed by atoms with Gasteiger partial charge in [-0.2, -0.15) is 0 Å². The van der Waals surface area contributed by atoms with Gasteiger partial charge < -0.3 is 19.5 Å². The molecule has 0 bridgehead atoms. The zero-order valence-corrected chi connectivity index (χ0v) is 20.4. The first-order valence-corrected chi connectivity index (χ1v) is 12.8. The largest absolute Gasteiger partial charge is 0.497 e. The van der Waals surface area contributed by atoms with Crippen LogP contribution >= 0.6 is 0 Å². The van der Waals surface area contributed by atoms with E-state index in [0.717, 1.165) is 19.4 Å². The van der Waals surface area contributed by atoms with Gasteiger partial charge in [0.15, 0.2) is 0 Å². The fraction of sp³-hybridized carbons (Fsp3) is 0.269. The molecule has 184 valence electrons. The quantitative estimate of drug-likeness (QED) is 0.448. The van der Waals surface area contributed by atoms with Crippen molar-refractivity contribution in [1.82, 2.24) is 0 Å². The second kappa shape index (κ2) is 10.8. The van der Waals surface area contributed by atoms with E-state index < -0.39 is 10.0 Å². The Hall–Kier alpha value is -3.56. The summed E-state index contributed by atoms with van der Waals surface area (Å²) in [5, 5.41) is 2.76. The van der Waals surface area contributed by atoms with E-state index >= 15 is 0 Å². The van der Waals surface area contributed by atoms with Crippen molar-refractivity contribution in [2.24, 2.45) is 0 Å². The van der Waals surface area contributed by atoms with Gasteiger partial charge in [-0.15, -0.1) is 0 Å². The predicted molar refractivity (Wildman–Crippen MR) is 134 cm³/mol. The van der Waals surface area contributed by atoms with Crippen LogP contribution in [0.4, 0.5) is 11.4 Å². The molecule has 0 unspecified atom stereocenters. The van der Waals surface area contributed by atoms with Gasteiger partial charge in [-0.3, -0.25) is 9.52 Å². The average Bonchev–Trinajstić information content (AvgIpc) is 3.38. The van der Waals surface area contributed by atoms with Gasteiger partial charge in [0.25, 0.3) is 15.9 Å². The third-order valence-corrected chi connectivity index (χ3v) is 7.18. The zero-order chi connectivity index (χ0) is 24.8. The van der Waals surface area contributed by atoms with Crippen molar-refractivity contribution >= 4 is 27.3 Å². The Kier molecular flexibility index (Phi) is 7.57. The number of hydrogen-bond donors (Lipinski definition) is 2. The molecule has 1 atom stereocenters. The molecule has 9 heteroatoms. The lowest BCUT2D eigenvalue weighted by molar-refractivity contribution is 0.0679. The van der Waals surface area contributed by atoms with E-state index in [9.17, 15) is 13.2 Å². The number of amides is 1. The standard InChI is InChI=1S/C26H28N2O6S/c1-18-5-8-21(16-25(18)35(30,31)28-20-9-13-22(32-2)14-10-20)27-26(29)19-6-11-23(12-7-19)34-17-24-4-3-15-33-24/h5-14,16,24,28H,3-4,15,17H2,1-2H3,(H,27,29)/t24-/m0/s1. The fourth-order valence-corrected chi connectivity index (χ4v) is 5.04. The van der Waals surface area contributed by atoms with Crippen LogP contribution in [0.5, 0.6) is 11.5 Å². The summed E-state index contributed by atoms with van der Waals surface area (Å²) < 4.78 is 44.9. The van der Waals surface area contributed by atoms with Gasteiger partial charge in [-0.25, -0.2) is 8.42 Å². The highest BCUT2D eigenvalue weighted by Crippen LogP contribution is 2.25. The summed E-state index contributed by atoms with van der Waals surface area (Å²) >= 11 is 0. The molecule has 0 radical (unpaired) electrons. The van der Waals surface area contributed by atoms with Crippen LogP contribution < -0.4 is 19.5 Å². The van der Waals surface area contributed by atoms with Crippen LogP contribution in [-0.2, 0) is 14.8 Å². The van der Waals surface area contributed by atoms with Crippen LogP contribution in [-0.4, -0.2) is 40.8 Å². The van der Waals surface area contributed by atoms with Gasteiger partial charge in [0.1, 0.15) is 18.1 Å². The highest BCUT2D eigenvalue weighted by molar-refractivity contribution is 7.92. The van der Waals surface area contributed by atoms with Crippen molar-refractivity contribution in [3.63, 3.8) is 0 Å². The normalized spacial score (nSPS) is 15.4. The summed E-state index contributed by atoms with van der Waals surface area (Å²) in [5.74, 6) is 0.924. The topological polar surface area (TPSA) is 103 Å². The van der Waals surface area contributed by atoms with Crippen molar-refractivity contribution in [2.45, 2.75) is 30.8 Å². The molecular weight excluding hydrogens is 468 g/mol. The summed E-state index contributed by atoms with van der Waals surface area (Å²) in [5.41, 5.74) is 1.75. The molecule has 8 nitrogen and oxygen atoms in total. The predicted octanol–water partition coefficient (Wildman–Crippen LogP) is 4.61. The first-order valence-electron chi connectivity index (χ1n) is 11.3. The molecule has 1 fully saturated rings. The number of ether oxygens (including phenoxy) is 3. The SMILES string of the molecule is COc1ccc(NS(=O)(=O)c2cc(NC(=O)c3ccc(OC[C@@H]4CCCO4)cc3)ccc2C)cc1. The first-order chi connectivity index (χ1) is 16.8. The van der Waals surface area contributed by atoms with Crippen LogP contribution in [0.25, 0.3) is 0 Å². The molecule has 1 heterocycles. The molecule has 0 aliphatic carbocycles. The van der Waals surface area contributed by atoms with Gasteiger partial charge in [0, 0.05) is 23.5 Å². The lowest BCUT2D eigenvalue weighted by Gasteiger charge is -2.13. The van der Waals surface area contributed by atoms with E-state index in [1.54, 1.807) is 67.6 Å². The fourth-order valence-electron chi connectivity index (χ4n) is 3.71. The summed E-state index contributed by atoms with van der Waals surface area (Å²) in [6.45, 7) is 2.95. The number of methoxy groups -OCH3 is 1. The molecule has 3 aromatic carbocycles. The van der Waals surface area contributed by atoms with E-state index in [1.807, 2.05) is 0 Å². The Morgan fingerprint density at radius 1 is 1.00 bits per heavy atom. The summed E-state index contributed by atoms with van der Waals surface area (Å²) in [6.07, 6.45) is 2.15. The smallest absolute Gasteiger partial charge is 0.262 e. The van der Waals surface area contributed by atoms with E-state index in [0.29, 0.717) is 40.6 Å². The highest BCUT2D eigenvalue weighted by Gasteiger charge is 2.19. The number of hydrogen-bond acceptors (Lipinski definition) is 6. The second-order valence-corrected chi connectivity index (χ2v) is 9.89. The van der Waals surface area contributed by atoms with E-state index in [-0.39, 0.29) is 16.9 Å². The minimum atomic E-state index is -3.87. The maximum atomic E-state index is 13.0. The van der Waals surface area contributed by atoms with E-state index in [2.05, 4.69) is 10.0 Å². The van der Waals surface area contributed by atoms with Gasteiger partial charge in [0.05, 0.1) is 18.1 Å².